The van der Waals surface area contributed by atoms with E-state index in [0.717, 1.165) is 66.8 Å². The highest BCUT2D eigenvalue weighted by molar-refractivity contribution is 6.13. The Labute approximate surface area is 405 Å². The fourth-order valence-electron chi connectivity index (χ4n) is 12.3. The summed E-state index contributed by atoms with van der Waals surface area (Å²) in [4.78, 5) is 2.50. The lowest BCUT2D eigenvalue weighted by molar-refractivity contribution is 0.669. The molecule has 0 saturated carbocycles. The van der Waals surface area contributed by atoms with E-state index in [1.807, 2.05) is 12.1 Å². The molecule has 326 valence electrons. The zero-order valence-electron chi connectivity index (χ0n) is 38.1. The fourth-order valence-corrected chi connectivity index (χ4v) is 12.3. The number of furan rings is 1. The molecule has 0 unspecified atom stereocenters. The summed E-state index contributed by atoms with van der Waals surface area (Å²) in [5, 5.41) is 4.63. The molecule has 13 aromatic rings. The number of para-hydroxylation sites is 2. The van der Waals surface area contributed by atoms with Gasteiger partial charge in [-0.2, -0.15) is 0 Å². The summed E-state index contributed by atoms with van der Waals surface area (Å²) < 4.78 is 8.67. The van der Waals surface area contributed by atoms with Crippen molar-refractivity contribution in [1.82, 2.24) is 4.57 Å². The molecular weight excluding hydrogens is 849 g/mol. The lowest BCUT2D eigenvalue weighted by atomic mass is 9.70. The first-order valence-electron chi connectivity index (χ1n) is 24.2. The Morgan fingerprint density at radius 1 is 0.329 bits per heavy atom. The number of nitrogens with zero attached hydrogens (tertiary/aromatic N) is 2. The van der Waals surface area contributed by atoms with E-state index in [-0.39, 0.29) is 0 Å². The predicted octanol–water partition coefficient (Wildman–Crippen LogP) is 17.8. The molecular formula is C67H42N2O. The van der Waals surface area contributed by atoms with Gasteiger partial charge in [0, 0.05) is 44.2 Å². The highest BCUT2D eigenvalue weighted by Crippen LogP contribution is 2.64. The smallest absolute Gasteiger partial charge is 0.135 e. The van der Waals surface area contributed by atoms with Crippen LogP contribution in [0.1, 0.15) is 22.3 Å². The van der Waals surface area contributed by atoms with Crippen molar-refractivity contribution >= 4 is 60.8 Å². The Morgan fingerprint density at radius 2 is 0.843 bits per heavy atom. The minimum Gasteiger partial charge on any atom is -0.456 e. The maximum Gasteiger partial charge on any atom is 0.135 e. The first-order chi connectivity index (χ1) is 34.7. The Hall–Kier alpha value is -9.18. The molecule has 0 bridgehead atoms. The largest absolute Gasteiger partial charge is 0.456 e. The zero-order valence-corrected chi connectivity index (χ0v) is 38.1. The van der Waals surface area contributed by atoms with Gasteiger partial charge < -0.3 is 13.9 Å². The van der Waals surface area contributed by atoms with E-state index in [0.29, 0.717) is 0 Å². The molecule has 15 rings (SSSR count). The molecule has 0 amide bonds. The van der Waals surface area contributed by atoms with Gasteiger partial charge in [0.25, 0.3) is 0 Å². The third-order valence-corrected chi connectivity index (χ3v) is 15.2. The first kappa shape index (κ1) is 38.9. The zero-order chi connectivity index (χ0) is 45.9. The standard InChI is InChI=1S/C67H42N2O/c1-3-16-43(17-4-1)44-30-34-48(35-31-44)68(63-28-15-27-60-66(63)53-23-9-13-26-59(53)67(60)57-24-11-7-20-50(57)51-21-8-12-25-58(51)67)49-36-38-62-55(42-49)54-40-45(32-37-61(54)69(62)47-18-5-2-6-19-47)46-33-39-65-56(41-46)52-22-10-14-29-64(52)70-65/h1-42H. The first-order valence-corrected chi connectivity index (χ1v) is 24.2. The lowest BCUT2D eigenvalue weighted by Gasteiger charge is -2.32. The van der Waals surface area contributed by atoms with Crippen LogP contribution in [0.3, 0.4) is 0 Å². The molecule has 3 heteroatoms. The molecule has 0 atom stereocenters. The van der Waals surface area contributed by atoms with Gasteiger partial charge in [-0.25, -0.2) is 0 Å². The molecule has 1 spiro atoms. The highest BCUT2D eigenvalue weighted by atomic mass is 16.3. The normalized spacial score (nSPS) is 13.0. The van der Waals surface area contributed by atoms with Crippen molar-refractivity contribution in [3.05, 3.63) is 277 Å². The lowest BCUT2D eigenvalue weighted by Crippen LogP contribution is -2.26. The maximum atomic E-state index is 6.26. The van der Waals surface area contributed by atoms with E-state index in [1.54, 1.807) is 0 Å². The molecule has 2 aromatic heterocycles. The summed E-state index contributed by atoms with van der Waals surface area (Å²) in [6.07, 6.45) is 0. The number of rotatable bonds is 6. The van der Waals surface area contributed by atoms with Crippen molar-refractivity contribution in [3.8, 4) is 50.2 Å². The van der Waals surface area contributed by atoms with E-state index < -0.39 is 5.41 Å². The number of benzene rings is 11. The van der Waals surface area contributed by atoms with Gasteiger partial charge >= 0.3 is 0 Å². The van der Waals surface area contributed by atoms with Gasteiger partial charge in [-0.15, -0.1) is 0 Å². The van der Waals surface area contributed by atoms with Crippen LogP contribution in [0.2, 0.25) is 0 Å². The molecule has 0 saturated heterocycles. The van der Waals surface area contributed by atoms with Gasteiger partial charge in [0.1, 0.15) is 11.2 Å². The van der Waals surface area contributed by atoms with Gasteiger partial charge in [0.15, 0.2) is 0 Å². The minimum atomic E-state index is -0.465. The summed E-state index contributed by atoms with van der Waals surface area (Å²) in [5.74, 6) is 0. The second-order valence-corrected chi connectivity index (χ2v) is 18.7. The Bertz CT molecular complexity index is 4190. The Balaban J connectivity index is 0.986. The molecule has 2 aliphatic carbocycles. The van der Waals surface area contributed by atoms with Crippen LogP contribution in [0.25, 0.3) is 93.9 Å². The fraction of sp³-hybridized carbons (Fsp3) is 0.0149. The number of hydrogen-bond donors (Lipinski definition) is 0. The highest BCUT2D eigenvalue weighted by Gasteiger charge is 2.52. The van der Waals surface area contributed by atoms with Crippen LogP contribution in [0.15, 0.2) is 259 Å². The van der Waals surface area contributed by atoms with Gasteiger partial charge in [0.05, 0.1) is 22.1 Å². The van der Waals surface area contributed by atoms with Crippen molar-refractivity contribution < 1.29 is 4.42 Å². The van der Waals surface area contributed by atoms with Crippen LogP contribution in [-0.4, -0.2) is 4.57 Å². The van der Waals surface area contributed by atoms with Crippen LogP contribution >= 0.6 is 0 Å². The molecule has 2 heterocycles. The van der Waals surface area contributed by atoms with Crippen molar-refractivity contribution in [1.29, 1.82) is 0 Å². The summed E-state index contributed by atoms with van der Waals surface area (Å²) in [7, 11) is 0. The van der Waals surface area contributed by atoms with Crippen LogP contribution in [-0.2, 0) is 5.41 Å². The third-order valence-electron chi connectivity index (χ3n) is 15.2. The monoisotopic (exact) mass is 890 g/mol. The number of aromatic nitrogens is 1. The number of anilines is 3. The quantitative estimate of drug-likeness (QED) is 0.166. The molecule has 0 fully saturated rings. The Kier molecular flexibility index (Phi) is 8.28. The second kappa shape index (κ2) is 14.9. The van der Waals surface area contributed by atoms with Crippen molar-refractivity contribution in [2.24, 2.45) is 0 Å². The van der Waals surface area contributed by atoms with Gasteiger partial charge in [0.2, 0.25) is 0 Å². The van der Waals surface area contributed by atoms with E-state index in [4.69, 9.17) is 4.42 Å². The van der Waals surface area contributed by atoms with Crippen molar-refractivity contribution in [2.45, 2.75) is 5.41 Å². The van der Waals surface area contributed by atoms with Gasteiger partial charge in [-0.1, -0.05) is 176 Å². The number of hydrogen-bond acceptors (Lipinski definition) is 2. The molecule has 0 aliphatic heterocycles. The van der Waals surface area contributed by atoms with E-state index >= 15 is 0 Å². The summed E-state index contributed by atoms with van der Waals surface area (Å²) >= 11 is 0. The second-order valence-electron chi connectivity index (χ2n) is 18.7. The Morgan fingerprint density at radius 3 is 1.59 bits per heavy atom. The van der Waals surface area contributed by atoms with Crippen LogP contribution in [0, 0.1) is 0 Å². The molecule has 70 heavy (non-hydrogen) atoms. The van der Waals surface area contributed by atoms with Crippen molar-refractivity contribution in [2.75, 3.05) is 4.90 Å². The van der Waals surface area contributed by atoms with E-state index in [9.17, 15) is 0 Å². The van der Waals surface area contributed by atoms with Crippen LogP contribution < -0.4 is 4.90 Å². The third kappa shape index (κ3) is 5.46. The predicted molar refractivity (Wildman–Crippen MR) is 290 cm³/mol. The molecule has 0 radical (unpaired) electrons. The minimum absolute atomic E-state index is 0.465. The summed E-state index contributed by atoms with van der Waals surface area (Å²) in [6, 6.07) is 93.7. The molecule has 11 aromatic carbocycles. The maximum absolute atomic E-state index is 6.26. The molecule has 3 nitrogen and oxygen atoms in total. The van der Waals surface area contributed by atoms with Gasteiger partial charge in [-0.3, -0.25) is 0 Å². The van der Waals surface area contributed by atoms with E-state index in [1.165, 1.54) is 66.4 Å². The van der Waals surface area contributed by atoms with Crippen LogP contribution in [0.4, 0.5) is 17.1 Å². The van der Waals surface area contributed by atoms with E-state index in [2.05, 4.69) is 252 Å². The number of fused-ring (bicyclic) bond motifs is 16. The summed E-state index contributed by atoms with van der Waals surface area (Å²) in [5.41, 5.74) is 23.2. The van der Waals surface area contributed by atoms with Crippen LogP contribution in [0.5, 0.6) is 0 Å². The average molecular weight is 891 g/mol. The summed E-state index contributed by atoms with van der Waals surface area (Å²) in [6.45, 7) is 0. The molecule has 2 aliphatic rings. The molecule has 0 N–H and O–H groups in total. The SMILES string of the molecule is c1ccc(-c2ccc(N(c3ccc4c(c3)c3cc(-c5ccc6oc7ccccc7c6c5)ccc3n4-c3ccccc3)c3cccc4c3-c3ccccc3C43c4ccccc4-c4ccccc43)cc2)cc1. The van der Waals surface area contributed by atoms with Gasteiger partial charge in [-0.05, 0) is 140 Å². The topological polar surface area (TPSA) is 21.3 Å². The average Bonchev–Trinajstić information content (AvgIpc) is 4.15. The van der Waals surface area contributed by atoms with Crippen molar-refractivity contribution in [3.63, 3.8) is 0 Å².